The predicted molar refractivity (Wildman–Crippen MR) is 54.8 cm³/mol. The van der Waals surface area contributed by atoms with Crippen molar-refractivity contribution in [1.29, 1.82) is 0 Å². The first-order chi connectivity index (χ1) is 7.06. The first-order valence-corrected chi connectivity index (χ1v) is 4.97. The summed E-state index contributed by atoms with van der Waals surface area (Å²) in [6, 6.07) is 2.37. The largest absolute Gasteiger partial charge is 0.303 e. The minimum absolute atomic E-state index is 0.0596. The van der Waals surface area contributed by atoms with Gasteiger partial charge in [-0.1, -0.05) is 13.8 Å². The highest BCUT2D eigenvalue weighted by molar-refractivity contribution is 5.50. The molecule has 1 aromatic rings. The quantitative estimate of drug-likeness (QED) is 0.700. The van der Waals surface area contributed by atoms with Gasteiger partial charge in [0.2, 0.25) is 0 Å². The number of carbonyl (C=O) groups is 1. The minimum atomic E-state index is -0.444. The Kier molecular flexibility index (Phi) is 3.95. The van der Waals surface area contributed by atoms with E-state index in [-0.39, 0.29) is 30.1 Å². The molecule has 3 heteroatoms. The molecule has 0 fully saturated rings. The van der Waals surface area contributed by atoms with Gasteiger partial charge in [-0.05, 0) is 35.6 Å². The van der Waals surface area contributed by atoms with Crippen LogP contribution in [0.3, 0.4) is 0 Å². The smallest absolute Gasteiger partial charge is 0.130 e. The van der Waals surface area contributed by atoms with Gasteiger partial charge in [0, 0.05) is 6.42 Å². The molecular formula is C12H14F2O. The van der Waals surface area contributed by atoms with Gasteiger partial charge in [0.15, 0.2) is 0 Å². The Labute approximate surface area is 88.1 Å². The first kappa shape index (κ1) is 11.8. The molecule has 0 heterocycles. The Balaban J connectivity index is 3.10. The summed E-state index contributed by atoms with van der Waals surface area (Å²) in [7, 11) is 0. The average molecular weight is 212 g/mol. The third kappa shape index (κ3) is 2.85. The van der Waals surface area contributed by atoms with Crippen molar-refractivity contribution in [1.82, 2.24) is 0 Å². The van der Waals surface area contributed by atoms with Crippen LogP contribution in [-0.4, -0.2) is 6.29 Å². The molecule has 0 bridgehead atoms. The summed E-state index contributed by atoms with van der Waals surface area (Å²) in [6.07, 6.45) is 1.18. The van der Waals surface area contributed by atoms with Crippen LogP contribution in [-0.2, 0) is 11.2 Å². The van der Waals surface area contributed by atoms with E-state index in [9.17, 15) is 13.6 Å². The zero-order valence-electron chi connectivity index (χ0n) is 8.89. The molecule has 0 aliphatic rings. The number of aryl methyl sites for hydroxylation is 1. The monoisotopic (exact) mass is 212 g/mol. The molecule has 1 aromatic carbocycles. The maximum absolute atomic E-state index is 13.7. The van der Waals surface area contributed by atoms with Gasteiger partial charge in [0.05, 0.1) is 0 Å². The lowest BCUT2D eigenvalue weighted by Crippen LogP contribution is -2.01. The summed E-state index contributed by atoms with van der Waals surface area (Å²) in [5.74, 6) is -0.884. The Morgan fingerprint density at radius 3 is 2.53 bits per heavy atom. The number of hydrogen-bond acceptors (Lipinski definition) is 1. The van der Waals surface area contributed by atoms with E-state index in [0.29, 0.717) is 11.8 Å². The third-order valence-corrected chi connectivity index (χ3v) is 2.29. The van der Waals surface area contributed by atoms with E-state index in [0.717, 1.165) is 6.07 Å². The number of halogens is 2. The second-order valence-electron chi connectivity index (χ2n) is 3.83. The zero-order chi connectivity index (χ0) is 11.4. The van der Waals surface area contributed by atoms with Crippen molar-refractivity contribution in [3.8, 4) is 0 Å². The number of carbonyl (C=O) groups excluding carboxylic acids is 1. The lowest BCUT2D eigenvalue weighted by atomic mass is 9.97. The van der Waals surface area contributed by atoms with Gasteiger partial charge in [-0.25, -0.2) is 8.78 Å². The van der Waals surface area contributed by atoms with Crippen molar-refractivity contribution in [2.45, 2.75) is 32.6 Å². The van der Waals surface area contributed by atoms with Gasteiger partial charge in [-0.3, -0.25) is 0 Å². The SMILES string of the molecule is CC(C)c1cc(F)cc(CCC=O)c1F. The van der Waals surface area contributed by atoms with Gasteiger partial charge in [-0.15, -0.1) is 0 Å². The van der Waals surface area contributed by atoms with E-state index < -0.39 is 5.82 Å². The Hall–Kier alpha value is -1.25. The minimum Gasteiger partial charge on any atom is -0.303 e. The molecule has 0 radical (unpaired) electrons. The normalized spacial score (nSPS) is 10.7. The Morgan fingerprint density at radius 2 is 2.00 bits per heavy atom. The number of rotatable bonds is 4. The summed E-state index contributed by atoms with van der Waals surface area (Å²) >= 11 is 0. The molecule has 1 rings (SSSR count). The van der Waals surface area contributed by atoms with E-state index >= 15 is 0 Å². The van der Waals surface area contributed by atoms with Crippen LogP contribution in [0, 0.1) is 11.6 Å². The highest BCUT2D eigenvalue weighted by Gasteiger charge is 2.13. The predicted octanol–water partition coefficient (Wildman–Crippen LogP) is 3.22. The van der Waals surface area contributed by atoms with Gasteiger partial charge in [0.25, 0.3) is 0 Å². The highest BCUT2D eigenvalue weighted by Crippen LogP contribution is 2.23. The topological polar surface area (TPSA) is 17.1 Å². The molecule has 0 aliphatic carbocycles. The molecule has 0 N–H and O–H groups in total. The molecule has 1 nitrogen and oxygen atoms in total. The van der Waals surface area contributed by atoms with Crippen LogP contribution in [0.1, 0.15) is 37.3 Å². The van der Waals surface area contributed by atoms with E-state index in [2.05, 4.69) is 0 Å². The Morgan fingerprint density at radius 1 is 1.33 bits per heavy atom. The van der Waals surface area contributed by atoms with Crippen LogP contribution in [0.4, 0.5) is 8.78 Å². The van der Waals surface area contributed by atoms with E-state index in [1.165, 1.54) is 6.07 Å². The lowest BCUT2D eigenvalue weighted by Gasteiger charge is -2.10. The van der Waals surface area contributed by atoms with Crippen LogP contribution in [0.5, 0.6) is 0 Å². The van der Waals surface area contributed by atoms with Gasteiger partial charge in [-0.2, -0.15) is 0 Å². The molecule has 82 valence electrons. The molecule has 0 aliphatic heterocycles. The van der Waals surface area contributed by atoms with Crippen molar-refractivity contribution in [3.63, 3.8) is 0 Å². The van der Waals surface area contributed by atoms with E-state index in [4.69, 9.17) is 0 Å². The Bertz CT molecular complexity index is 359. The van der Waals surface area contributed by atoms with Crippen molar-refractivity contribution in [2.24, 2.45) is 0 Å². The molecule has 0 saturated carbocycles. The molecule has 0 aromatic heterocycles. The molecule has 0 spiro atoms. The summed E-state index contributed by atoms with van der Waals surface area (Å²) < 4.78 is 26.9. The molecule has 15 heavy (non-hydrogen) atoms. The maximum Gasteiger partial charge on any atom is 0.130 e. The number of benzene rings is 1. The average Bonchev–Trinajstić information content (AvgIpc) is 2.18. The van der Waals surface area contributed by atoms with Crippen molar-refractivity contribution in [3.05, 3.63) is 34.9 Å². The molecular weight excluding hydrogens is 198 g/mol. The molecule has 0 amide bonds. The third-order valence-electron chi connectivity index (χ3n) is 2.29. The first-order valence-electron chi connectivity index (χ1n) is 4.97. The van der Waals surface area contributed by atoms with Crippen LogP contribution < -0.4 is 0 Å². The second kappa shape index (κ2) is 5.01. The van der Waals surface area contributed by atoms with Gasteiger partial charge >= 0.3 is 0 Å². The van der Waals surface area contributed by atoms with Gasteiger partial charge < -0.3 is 4.79 Å². The standard InChI is InChI=1S/C12H14F2O/c1-8(2)11-7-10(13)6-9(12(11)14)4-3-5-15/h5-8H,3-4H2,1-2H3. The molecule has 0 unspecified atom stereocenters. The van der Waals surface area contributed by atoms with Crippen LogP contribution in [0.2, 0.25) is 0 Å². The maximum atomic E-state index is 13.7. The summed E-state index contributed by atoms with van der Waals surface area (Å²) in [5, 5.41) is 0. The highest BCUT2D eigenvalue weighted by atomic mass is 19.1. The molecule has 0 atom stereocenters. The number of hydrogen-bond donors (Lipinski definition) is 0. The summed E-state index contributed by atoms with van der Waals surface area (Å²) in [4.78, 5) is 10.2. The molecule has 0 saturated heterocycles. The lowest BCUT2D eigenvalue weighted by molar-refractivity contribution is -0.107. The van der Waals surface area contributed by atoms with Crippen LogP contribution in [0.15, 0.2) is 12.1 Å². The van der Waals surface area contributed by atoms with Gasteiger partial charge in [0.1, 0.15) is 17.9 Å². The zero-order valence-corrected chi connectivity index (χ0v) is 8.89. The van der Waals surface area contributed by atoms with Crippen LogP contribution >= 0.6 is 0 Å². The second-order valence-corrected chi connectivity index (χ2v) is 3.83. The summed E-state index contributed by atoms with van der Waals surface area (Å²) in [6.45, 7) is 3.61. The summed E-state index contributed by atoms with van der Waals surface area (Å²) in [5.41, 5.74) is 0.654. The van der Waals surface area contributed by atoms with Crippen molar-refractivity contribution in [2.75, 3.05) is 0 Å². The fourth-order valence-electron chi connectivity index (χ4n) is 1.49. The number of aldehydes is 1. The van der Waals surface area contributed by atoms with Crippen molar-refractivity contribution < 1.29 is 13.6 Å². The fourth-order valence-corrected chi connectivity index (χ4v) is 1.49. The van der Waals surface area contributed by atoms with Crippen molar-refractivity contribution >= 4 is 6.29 Å². The van der Waals surface area contributed by atoms with Crippen LogP contribution in [0.25, 0.3) is 0 Å². The fraction of sp³-hybridized carbons (Fsp3) is 0.417. The van der Waals surface area contributed by atoms with E-state index in [1.54, 1.807) is 13.8 Å². The van der Waals surface area contributed by atoms with E-state index in [1.807, 2.05) is 0 Å².